The van der Waals surface area contributed by atoms with E-state index in [0.717, 1.165) is 110 Å². The van der Waals surface area contributed by atoms with E-state index in [9.17, 15) is 0 Å². The Morgan fingerprint density at radius 1 is 0.290 bits per heavy atom. The van der Waals surface area contributed by atoms with Gasteiger partial charge in [-0.2, -0.15) is 0 Å². The van der Waals surface area contributed by atoms with Gasteiger partial charge >= 0.3 is 0 Å². The molecule has 0 unspecified atom stereocenters. The zero-order valence-corrected chi connectivity index (χ0v) is 36.9. The molecule has 0 saturated heterocycles. The molecule has 0 fully saturated rings. The van der Waals surface area contributed by atoms with Crippen molar-refractivity contribution in [2.75, 3.05) is 0 Å². The van der Waals surface area contributed by atoms with Crippen LogP contribution in [0.1, 0.15) is 0 Å². The summed E-state index contributed by atoms with van der Waals surface area (Å²) in [5.74, 6) is 1.69. The molecule has 0 bridgehead atoms. The van der Waals surface area contributed by atoms with E-state index in [2.05, 4.69) is 187 Å². The zero-order valence-electron chi connectivity index (χ0n) is 36.9. The van der Waals surface area contributed by atoms with Crippen LogP contribution in [0.25, 0.3) is 149 Å². The molecular formula is C63H36N4O2. The lowest BCUT2D eigenvalue weighted by atomic mass is 10.0. The lowest BCUT2D eigenvalue weighted by molar-refractivity contribution is 0.666. The van der Waals surface area contributed by atoms with Crippen LogP contribution in [0.15, 0.2) is 227 Å². The highest BCUT2D eigenvalue weighted by molar-refractivity contribution is 6.22. The molecule has 15 aromatic rings. The van der Waals surface area contributed by atoms with Gasteiger partial charge in [0.1, 0.15) is 16.7 Å². The third-order valence-corrected chi connectivity index (χ3v) is 14.0. The Bertz CT molecular complexity index is 4510. The van der Waals surface area contributed by atoms with Gasteiger partial charge in [0.25, 0.3) is 0 Å². The van der Waals surface area contributed by atoms with Crippen molar-refractivity contribution >= 4 is 98.0 Å². The summed E-state index contributed by atoms with van der Waals surface area (Å²) >= 11 is 0. The van der Waals surface area contributed by atoms with Crippen LogP contribution in [0.3, 0.4) is 0 Å². The molecule has 15 rings (SSSR count). The number of fused-ring (bicyclic) bond motifs is 13. The monoisotopic (exact) mass is 880 g/mol. The Morgan fingerprint density at radius 2 is 0.797 bits per heavy atom. The van der Waals surface area contributed by atoms with Gasteiger partial charge in [-0.3, -0.25) is 0 Å². The molecule has 320 valence electrons. The quantitative estimate of drug-likeness (QED) is 0.172. The second-order valence-corrected chi connectivity index (χ2v) is 18.0. The Balaban J connectivity index is 1.04. The average Bonchev–Trinajstić information content (AvgIpc) is 4.08. The third-order valence-electron chi connectivity index (χ3n) is 14.0. The molecular weight excluding hydrogens is 845 g/mol. The summed E-state index contributed by atoms with van der Waals surface area (Å²) in [6.07, 6.45) is 0. The minimum Gasteiger partial charge on any atom is -0.456 e. The van der Waals surface area contributed by atoms with Crippen LogP contribution in [0.4, 0.5) is 0 Å². The summed E-state index contributed by atoms with van der Waals surface area (Å²) in [6.45, 7) is 0. The van der Waals surface area contributed by atoms with Gasteiger partial charge in [0, 0.05) is 49.0 Å². The van der Waals surface area contributed by atoms with Crippen LogP contribution >= 0.6 is 0 Å². The standard InChI is InChI=1S/C63H36N4O2/c1-2-12-37(13-3-1)38-22-24-40(25-23-38)61-64-62(45-27-28-57-51(32-45)48-20-10-11-21-56(48)68-57)66-63(65-61)46-33-52-59-47-19-9-8-14-39(47)26-29-58(59)69-60(52)55(36-46)67-53-34-43-17-6-4-15-41(43)30-49(53)50-31-42-16-5-7-18-44(42)35-54(50)67/h1-36H. The molecule has 6 heteroatoms. The second kappa shape index (κ2) is 14.6. The summed E-state index contributed by atoms with van der Waals surface area (Å²) < 4.78 is 15.8. The van der Waals surface area contributed by atoms with Crippen LogP contribution in [0.5, 0.6) is 0 Å². The molecule has 0 spiro atoms. The highest BCUT2D eigenvalue weighted by atomic mass is 16.3. The van der Waals surface area contributed by atoms with Gasteiger partial charge in [0.2, 0.25) is 0 Å². The molecule has 0 atom stereocenters. The van der Waals surface area contributed by atoms with Gasteiger partial charge < -0.3 is 13.4 Å². The van der Waals surface area contributed by atoms with Crippen molar-refractivity contribution in [1.29, 1.82) is 0 Å². The lowest BCUT2D eigenvalue weighted by Gasteiger charge is -2.13. The number of para-hydroxylation sites is 1. The minimum absolute atomic E-state index is 0.550. The van der Waals surface area contributed by atoms with E-state index in [1.165, 1.54) is 21.5 Å². The molecule has 0 aliphatic carbocycles. The number of nitrogens with zero attached hydrogens (tertiary/aromatic N) is 4. The van der Waals surface area contributed by atoms with E-state index >= 15 is 0 Å². The Morgan fingerprint density at radius 3 is 1.51 bits per heavy atom. The molecule has 69 heavy (non-hydrogen) atoms. The van der Waals surface area contributed by atoms with Crippen LogP contribution in [-0.4, -0.2) is 19.5 Å². The summed E-state index contributed by atoms with van der Waals surface area (Å²) in [4.78, 5) is 16.0. The normalized spacial score (nSPS) is 12.1. The van der Waals surface area contributed by atoms with E-state index in [-0.39, 0.29) is 0 Å². The number of furan rings is 2. The van der Waals surface area contributed by atoms with Crippen molar-refractivity contribution in [2.45, 2.75) is 0 Å². The van der Waals surface area contributed by atoms with Gasteiger partial charge in [-0.15, -0.1) is 0 Å². The predicted octanol–water partition coefficient (Wildman–Crippen LogP) is 16.9. The molecule has 0 radical (unpaired) electrons. The fourth-order valence-electron chi connectivity index (χ4n) is 10.6. The van der Waals surface area contributed by atoms with Gasteiger partial charge in [0.15, 0.2) is 23.1 Å². The molecule has 0 aliphatic rings. The number of rotatable bonds is 5. The van der Waals surface area contributed by atoms with Crippen molar-refractivity contribution in [1.82, 2.24) is 19.5 Å². The molecule has 0 N–H and O–H groups in total. The first-order chi connectivity index (χ1) is 34.1. The topological polar surface area (TPSA) is 69.9 Å². The summed E-state index contributed by atoms with van der Waals surface area (Å²) in [7, 11) is 0. The minimum atomic E-state index is 0.550. The van der Waals surface area contributed by atoms with Crippen LogP contribution in [-0.2, 0) is 0 Å². The molecule has 4 heterocycles. The van der Waals surface area contributed by atoms with Gasteiger partial charge in [-0.1, -0.05) is 152 Å². The van der Waals surface area contributed by atoms with Crippen molar-refractivity contribution < 1.29 is 8.83 Å². The van der Waals surface area contributed by atoms with E-state index < -0.39 is 0 Å². The van der Waals surface area contributed by atoms with Crippen molar-refractivity contribution in [3.8, 4) is 51.0 Å². The maximum absolute atomic E-state index is 7.10. The average molecular weight is 881 g/mol. The maximum atomic E-state index is 7.10. The fourth-order valence-corrected chi connectivity index (χ4v) is 10.6. The summed E-state index contributed by atoms with van der Waals surface area (Å²) in [5, 5.41) is 13.4. The summed E-state index contributed by atoms with van der Waals surface area (Å²) in [6, 6.07) is 77.0. The van der Waals surface area contributed by atoms with E-state index in [1.54, 1.807) is 0 Å². The second-order valence-electron chi connectivity index (χ2n) is 18.0. The first-order valence-electron chi connectivity index (χ1n) is 23.2. The van der Waals surface area contributed by atoms with Crippen molar-refractivity contribution in [2.24, 2.45) is 0 Å². The van der Waals surface area contributed by atoms with Gasteiger partial charge in [-0.05, 0) is 110 Å². The van der Waals surface area contributed by atoms with E-state index in [0.29, 0.717) is 17.5 Å². The zero-order chi connectivity index (χ0) is 45.2. The Labute approximate surface area is 394 Å². The smallest absolute Gasteiger partial charge is 0.164 e. The van der Waals surface area contributed by atoms with Crippen LogP contribution in [0.2, 0.25) is 0 Å². The largest absolute Gasteiger partial charge is 0.456 e. The fraction of sp³-hybridized carbons (Fsp3) is 0. The molecule has 11 aromatic carbocycles. The number of hydrogen-bond acceptors (Lipinski definition) is 5. The molecule has 0 aliphatic heterocycles. The van der Waals surface area contributed by atoms with E-state index in [1.807, 2.05) is 36.4 Å². The van der Waals surface area contributed by atoms with Crippen LogP contribution < -0.4 is 0 Å². The lowest BCUT2D eigenvalue weighted by Crippen LogP contribution is -2.01. The summed E-state index contributed by atoms with van der Waals surface area (Å²) in [5.41, 5.74) is 11.2. The molecule has 0 amide bonds. The molecule has 4 aromatic heterocycles. The third kappa shape index (κ3) is 5.89. The van der Waals surface area contributed by atoms with Gasteiger partial charge in [-0.25, -0.2) is 15.0 Å². The number of benzene rings is 11. The van der Waals surface area contributed by atoms with Crippen molar-refractivity contribution in [3.05, 3.63) is 218 Å². The Hall–Kier alpha value is -9.39. The molecule has 0 saturated carbocycles. The first-order valence-corrected chi connectivity index (χ1v) is 23.2. The predicted molar refractivity (Wildman–Crippen MR) is 283 cm³/mol. The maximum Gasteiger partial charge on any atom is 0.164 e. The highest BCUT2D eigenvalue weighted by Crippen LogP contribution is 2.44. The molecule has 6 nitrogen and oxygen atoms in total. The first kappa shape index (κ1) is 37.8. The van der Waals surface area contributed by atoms with Crippen LogP contribution in [0, 0.1) is 0 Å². The van der Waals surface area contributed by atoms with Gasteiger partial charge in [0.05, 0.1) is 16.7 Å². The Kier molecular flexibility index (Phi) is 7.97. The van der Waals surface area contributed by atoms with E-state index in [4.69, 9.17) is 23.8 Å². The SMILES string of the molecule is c1ccc(-c2ccc(-c3nc(-c4ccc5oc6ccccc6c5c4)nc(-c4cc(-n5c6cc7ccccc7cc6c6cc7ccccc7cc65)c5oc6ccc7ccccc7c6c5c4)n3)cc2)cc1. The number of hydrogen-bond donors (Lipinski definition) is 0. The highest BCUT2D eigenvalue weighted by Gasteiger charge is 2.24. The van der Waals surface area contributed by atoms with Crippen molar-refractivity contribution in [3.63, 3.8) is 0 Å². The number of aromatic nitrogens is 4.